The van der Waals surface area contributed by atoms with Crippen LogP contribution < -0.4 is 5.32 Å². The predicted octanol–water partition coefficient (Wildman–Crippen LogP) is 4.18. The van der Waals surface area contributed by atoms with Gasteiger partial charge >= 0.3 is 0 Å². The van der Waals surface area contributed by atoms with Crippen LogP contribution in [0.5, 0.6) is 0 Å². The highest BCUT2D eigenvalue weighted by Crippen LogP contribution is 2.28. The highest BCUT2D eigenvalue weighted by molar-refractivity contribution is 6.42. The van der Waals surface area contributed by atoms with E-state index in [0.717, 1.165) is 12.1 Å². The minimum Gasteiger partial charge on any atom is -0.439 e. The van der Waals surface area contributed by atoms with E-state index in [9.17, 15) is 0 Å². The molecule has 3 nitrogen and oxygen atoms in total. The number of nitrogens with one attached hydrogen (secondary N) is 1. The van der Waals surface area contributed by atoms with Gasteiger partial charge in [0.1, 0.15) is 0 Å². The molecule has 0 unspecified atom stereocenters. The van der Waals surface area contributed by atoms with Crippen molar-refractivity contribution in [1.29, 1.82) is 0 Å². The summed E-state index contributed by atoms with van der Waals surface area (Å²) >= 11 is 11.8. The van der Waals surface area contributed by atoms with Gasteiger partial charge in [0.05, 0.1) is 22.8 Å². The molecule has 0 atom stereocenters. The van der Waals surface area contributed by atoms with Crippen LogP contribution in [0.2, 0.25) is 10.0 Å². The summed E-state index contributed by atoms with van der Waals surface area (Å²) in [7, 11) is 0. The molecule has 0 aliphatic heterocycles. The number of benzene rings is 1. The molecule has 1 aromatic heterocycles. The molecule has 0 bridgehead atoms. The Labute approximate surface area is 122 Å². The van der Waals surface area contributed by atoms with Crippen molar-refractivity contribution in [3.63, 3.8) is 0 Å². The van der Waals surface area contributed by atoms with Crippen LogP contribution in [0.1, 0.15) is 12.8 Å². The van der Waals surface area contributed by atoms with Gasteiger partial charge in [-0.3, -0.25) is 0 Å². The summed E-state index contributed by atoms with van der Waals surface area (Å²) in [6.45, 7) is 3.53. The lowest BCUT2D eigenvalue weighted by molar-refractivity contribution is 0.482. The zero-order chi connectivity index (χ0) is 12.3. The summed E-state index contributed by atoms with van der Waals surface area (Å²) in [4.78, 5) is 4.18. The van der Waals surface area contributed by atoms with E-state index in [1.54, 1.807) is 18.3 Å². The number of nitrogens with zero attached hydrogens (tertiary/aromatic N) is 1. The smallest absolute Gasteiger partial charge is 0.208 e. The Kier molecular flexibility index (Phi) is 5.96. The molecule has 0 radical (unpaired) electrons. The average Bonchev–Trinajstić information content (AvgIpc) is 2.79. The Hall–Kier alpha value is -0.740. The lowest BCUT2D eigenvalue weighted by Crippen LogP contribution is -2.11. The second-order valence-electron chi connectivity index (χ2n) is 3.53. The van der Waals surface area contributed by atoms with Crippen molar-refractivity contribution in [2.75, 3.05) is 6.54 Å². The van der Waals surface area contributed by atoms with Gasteiger partial charge in [-0.1, -0.05) is 30.1 Å². The monoisotopic (exact) mass is 306 g/mol. The van der Waals surface area contributed by atoms with E-state index in [2.05, 4.69) is 10.3 Å². The average molecular weight is 308 g/mol. The Morgan fingerprint density at radius 3 is 2.72 bits per heavy atom. The van der Waals surface area contributed by atoms with Gasteiger partial charge in [0, 0.05) is 5.56 Å². The van der Waals surface area contributed by atoms with Gasteiger partial charge in [0.25, 0.3) is 0 Å². The van der Waals surface area contributed by atoms with Gasteiger partial charge in [0.15, 0.2) is 5.76 Å². The fourth-order valence-electron chi connectivity index (χ4n) is 1.41. The van der Waals surface area contributed by atoms with Gasteiger partial charge < -0.3 is 9.73 Å². The van der Waals surface area contributed by atoms with Crippen LogP contribution in [-0.4, -0.2) is 11.5 Å². The van der Waals surface area contributed by atoms with E-state index in [-0.39, 0.29) is 12.4 Å². The highest BCUT2D eigenvalue weighted by atomic mass is 35.5. The predicted molar refractivity (Wildman–Crippen MR) is 76.6 cm³/mol. The molecule has 2 rings (SSSR count). The minimum absolute atomic E-state index is 0. The van der Waals surface area contributed by atoms with Crippen LogP contribution in [0.15, 0.2) is 28.8 Å². The fraction of sp³-hybridized carbons (Fsp3) is 0.250. The van der Waals surface area contributed by atoms with Gasteiger partial charge in [0.2, 0.25) is 5.89 Å². The Morgan fingerprint density at radius 2 is 2.06 bits per heavy atom. The van der Waals surface area contributed by atoms with Gasteiger partial charge in [-0.15, -0.1) is 12.4 Å². The number of rotatable bonds is 4. The number of hydrogen-bond donors (Lipinski definition) is 1. The molecule has 0 saturated heterocycles. The normalized spacial score (nSPS) is 10.2. The quantitative estimate of drug-likeness (QED) is 0.921. The molecular formula is C12H13Cl3N2O. The second kappa shape index (κ2) is 7.00. The van der Waals surface area contributed by atoms with E-state index in [4.69, 9.17) is 27.6 Å². The Balaban J connectivity index is 0.00000162. The van der Waals surface area contributed by atoms with Gasteiger partial charge in [-0.25, -0.2) is 4.98 Å². The van der Waals surface area contributed by atoms with Crippen molar-refractivity contribution in [2.24, 2.45) is 0 Å². The maximum Gasteiger partial charge on any atom is 0.208 e. The van der Waals surface area contributed by atoms with Crippen molar-refractivity contribution < 1.29 is 4.42 Å². The molecule has 0 fully saturated rings. The molecule has 0 aliphatic rings. The topological polar surface area (TPSA) is 38.1 Å². The van der Waals surface area contributed by atoms with Crippen molar-refractivity contribution in [3.8, 4) is 11.3 Å². The molecule has 0 spiro atoms. The van der Waals surface area contributed by atoms with E-state index >= 15 is 0 Å². The zero-order valence-electron chi connectivity index (χ0n) is 9.74. The van der Waals surface area contributed by atoms with Crippen LogP contribution in [-0.2, 0) is 6.54 Å². The molecule has 1 N–H and O–H groups in total. The minimum atomic E-state index is 0. The summed E-state index contributed by atoms with van der Waals surface area (Å²) < 4.78 is 5.59. The van der Waals surface area contributed by atoms with Crippen molar-refractivity contribution >= 4 is 35.6 Å². The molecule has 0 saturated carbocycles. The molecule has 18 heavy (non-hydrogen) atoms. The third-order valence-corrected chi connectivity index (χ3v) is 3.02. The molecule has 1 heterocycles. The number of aromatic nitrogens is 1. The number of hydrogen-bond acceptors (Lipinski definition) is 3. The van der Waals surface area contributed by atoms with Crippen LogP contribution in [0, 0.1) is 0 Å². The number of halogens is 3. The van der Waals surface area contributed by atoms with E-state index in [1.807, 2.05) is 13.0 Å². The third kappa shape index (κ3) is 3.62. The van der Waals surface area contributed by atoms with Gasteiger partial charge in [-0.05, 0) is 24.7 Å². The Morgan fingerprint density at radius 1 is 1.28 bits per heavy atom. The highest BCUT2D eigenvalue weighted by Gasteiger charge is 2.07. The van der Waals surface area contributed by atoms with E-state index in [1.165, 1.54) is 0 Å². The Bertz CT molecular complexity index is 514. The van der Waals surface area contributed by atoms with Crippen molar-refractivity contribution in [1.82, 2.24) is 10.3 Å². The molecule has 6 heteroatoms. The van der Waals surface area contributed by atoms with Crippen molar-refractivity contribution in [2.45, 2.75) is 13.5 Å². The first-order valence-corrected chi connectivity index (χ1v) is 6.07. The lowest BCUT2D eigenvalue weighted by atomic mass is 10.2. The van der Waals surface area contributed by atoms with E-state index in [0.29, 0.717) is 28.2 Å². The number of oxazole rings is 1. The van der Waals surface area contributed by atoms with Crippen LogP contribution in [0.4, 0.5) is 0 Å². The maximum absolute atomic E-state index is 5.95. The molecular weight excluding hydrogens is 295 g/mol. The van der Waals surface area contributed by atoms with E-state index < -0.39 is 0 Å². The zero-order valence-corrected chi connectivity index (χ0v) is 12.1. The molecule has 0 aliphatic carbocycles. The molecule has 98 valence electrons. The van der Waals surface area contributed by atoms with Crippen LogP contribution >= 0.6 is 35.6 Å². The van der Waals surface area contributed by atoms with Crippen LogP contribution in [0.25, 0.3) is 11.3 Å². The van der Waals surface area contributed by atoms with Crippen LogP contribution in [0.3, 0.4) is 0 Å². The second-order valence-corrected chi connectivity index (χ2v) is 4.34. The first-order valence-electron chi connectivity index (χ1n) is 5.31. The van der Waals surface area contributed by atoms with Gasteiger partial charge in [-0.2, -0.15) is 0 Å². The fourth-order valence-corrected chi connectivity index (χ4v) is 1.70. The molecule has 0 amide bonds. The largest absolute Gasteiger partial charge is 0.439 e. The van der Waals surface area contributed by atoms with Crippen molar-refractivity contribution in [3.05, 3.63) is 40.3 Å². The SMILES string of the molecule is CCNCc1ncc(-c2ccc(Cl)c(Cl)c2)o1.Cl. The summed E-state index contributed by atoms with van der Waals surface area (Å²) in [5, 5.41) is 4.18. The summed E-state index contributed by atoms with van der Waals surface area (Å²) in [5.41, 5.74) is 0.870. The lowest BCUT2D eigenvalue weighted by Gasteiger charge is -1.99. The summed E-state index contributed by atoms with van der Waals surface area (Å²) in [6, 6.07) is 5.36. The molecule has 1 aromatic carbocycles. The first kappa shape index (κ1) is 15.3. The standard InChI is InChI=1S/C12H12Cl2N2O.ClH/c1-2-15-7-12-16-6-11(17-12)8-3-4-9(13)10(14)5-8;/h3-6,15H,2,7H2,1H3;1H. The molecule has 2 aromatic rings. The first-order chi connectivity index (χ1) is 8.20. The third-order valence-electron chi connectivity index (χ3n) is 2.28. The maximum atomic E-state index is 5.95. The summed E-state index contributed by atoms with van der Waals surface area (Å²) in [5.74, 6) is 1.35. The summed E-state index contributed by atoms with van der Waals surface area (Å²) in [6.07, 6.45) is 1.69.